The molecule has 14 bridgehead atoms. The van der Waals surface area contributed by atoms with E-state index in [0.29, 0.717) is 0 Å². The second-order valence-corrected chi connectivity index (χ2v) is 24.1. The molecule has 96 heavy (non-hydrogen) atoms. The van der Waals surface area contributed by atoms with E-state index >= 15 is 0 Å². The fourth-order valence-electron chi connectivity index (χ4n) is 14.6. The van der Waals surface area contributed by atoms with E-state index < -0.39 is 215 Å². The number of nitrogens with two attached hydrogens (primary N) is 2. The molecule has 21 fully saturated rings. The highest BCUT2D eigenvalue weighted by molar-refractivity contribution is 5.04. The molecule has 0 aromatic rings. The van der Waals surface area contributed by atoms with Gasteiger partial charge in [-0.05, 0) is 0 Å². The van der Waals surface area contributed by atoms with Crippen LogP contribution in [0.4, 0.5) is 0 Å². The van der Waals surface area contributed by atoms with Crippen molar-refractivity contribution in [2.45, 2.75) is 215 Å². The van der Waals surface area contributed by atoms with Gasteiger partial charge in [-0.2, -0.15) is 0 Å². The fraction of sp³-hybridized carbons (Fsp3) is 1.00. The van der Waals surface area contributed by atoms with E-state index in [2.05, 4.69) is 0 Å². The Morgan fingerprint density at radius 1 is 0.177 bits per heavy atom. The first kappa shape index (κ1) is 80.3. The zero-order valence-corrected chi connectivity index (χ0v) is 58.8. The van der Waals surface area contributed by atoms with Gasteiger partial charge in [-0.1, -0.05) is 0 Å². The van der Waals surface area contributed by atoms with Crippen molar-refractivity contribution < 1.29 is 156 Å². The van der Waals surface area contributed by atoms with E-state index in [4.69, 9.17) is 168 Å². The summed E-state index contributed by atoms with van der Waals surface area (Å²) in [4.78, 5) is 0. The van der Waals surface area contributed by atoms with Gasteiger partial charge in [-0.25, -0.2) is 0 Å². The number of methoxy groups -OCH3 is 19. The second-order valence-electron chi connectivity index (χ2n) is 24.1. The zero-order chi connectivity index (χ0) is 69.5. The van der Waals surface area contributed by atoms with Crippen LogP contribution >= 0.6 is 0 Å². The molecule has 0 amide bonds. The van der Waals surface area contributed by atoms with Crippen LogP contribution in [-0.2, 0) is 156 Å². The summed E-state index contributed by atoms with van der Waals surface area (Å²) < 4.78 is 213. The lowest BCUT2D eigenvalue weighted by Gasteiger charge is -2.52. The van der Waals surface area contributed by atoms with E-state index in [-0.39, 0.29) is 46.1 Å². The topological polar surface area (TPSA) is 357 Å². The molecule has 4 N–H and O–H groups in total. The quantitative estimate of drug-likeness (QED) is 0.0879. The molecule has 35 nitrogen and oxygen atoms in total. The largest absolute Gasteiger partial charge is 0.382 e. The Morgan fingerprint density at radius 3 is 0.417 bits per heavy atom. The van der Waals surface area contributed by atoms with E-state index in [9.17, 15) is 0 Å². The average molecular weight is 1400 g/mol. The Labute approximate surface area is 562 Å². The molecule has 0 aliphatic carbocycles. The minimum absolute atomic E-state index is 0.0384. The Bertz CT molecular complexity index is 2170. The van der Waals surface area contributed by atoms with Crippen molar-refractivity contribution in [1.29, 1.82) is 0 Å². The molecule has 21 heterocycles. The highest BCUT2D eigenvalue weighted by Gasteiger charge is 2.62. The Kier molecular flexibility index (Phi) is 32.6. The molecule has 21 rings (SSSR count). The van der Waals surface area contributed by atoms with Gasteiger partial charge in [-0.3, -0.25) is 0 Å². The van der Waals surface area contributed by atoms with Crippen LogP contribution in [0.1, 0.15) is 0 Å². The van der Waals surface area contributed by atoms with Crippen molar-refractivity contribution >= 4 is 0 Å². The summed E-state index contributed by atoms with van der Waals surface area (Å²) in [5.41, 5.74) is 13.2. The highest BCUT2D eigenvalue weighted by Crippen LogP contribution is 2.43. The molecule has 0 unspecified atom stereocenters. The molecule has 0 radical (unpaired) electrons. The summed E-state index contributed by atoms with van der Waals surface area (Å²) in [7, 11) is 28.5. The van der Waals surface area contributed by atoms with Gasteiger partial charge < -0.3 is 168 Å². The van der Waals surface area contributed by atoms with Gasteiger partial charge in [0, 0.05) is 148 Å². The standard InChI is InChI=1S/C61H110N2O33/c1-64-22-29-36-43(71-8)51(79-16)58(86-29)94-38-31(24-66-3)88-60(53(81-18)45(38)73-10)96-40-33(26-68-5)89-61(54(82-19)47(40)75-12)95-39-32(25-67-4)87-59(52(80-17)46(39)74-11)93-37-30(23-65-2)85-57(50(78-15)44(37)72-9)91-35-28(21-63)83-55(48(76-13)42(35)70-7)90-34-27(20-62)84-56(92-36)49(77-14)41(34)69-6/h27-61H,20-26,62-63H2,1-19H3/t27-,28-,29-,30-,31-,32-,33-,34-,35-,36-,37-,38-,39-,40-,41+,42+,43+,44+,45+,46-,47+,48-,49-,50+,51-,52+,53-,54-,55-,56-,57-,58-,59-,60-,61-/m1/s1. The second kappa shape index (κ2) is 38.9. The predicted octanol–water partition coefficient (Wildman–Crippen LogP) is -2.87. The summed E-state index contributed by atoms with van der Waals surface area (Å²) >= 11 is 0. The van der Waals surface area contributed by atoms with Crippen LogP contribution in [-0.4, -0.2) is 396 Å². The van der Waals surface area contributed by atoms with E-state index in [1.165, 1.54) is 135 Å². The van der Waals surface area contributed by atoms with Crippen molar-refractivity contribution in [3.63, 3.8) is 0 Å². The monoisotopic (exact) mass is 1400 g/mol. The minimum Gasteiger partial charge on any atom is -0.382 e. The maximum Gasteiger partial charge on any atom is 0.187 e. The molecule has 35 atom stereocenters. The van der Waals surface area contributed by atoms with Crippen LogP contribution in [0.3, 0.4) is 0 Å². The maximum absolute atomic E-state index is 7.02. The number of rotatable bonds is 26. The molecule has 562 valence electrons. The third-order valence-electron chi connectivity index (χ3n) is 19.1. The molecule has 0 saturated carbocycles. The molecular weight excluding hydrogens is 1290 g/mol. The van der Waals surface area contributed by atoms with Gasteiger partial charge in [0.15, 0.2) is 44.0 Å². The number of hydrogen-bond donors (Lipinski definition) is 2. The Balaban J connectivity index is 1.22. The SMILES string of the molecule is COC[C@H]1O[C@@H]2O[C@H]3[C@H](OC)[C@@H](OC)[C@@H](O[C@H]4[C@H](OC)[C@@H](OC)[C@@H](O[C@H]5[C@H](OC)[C@@H](OC)[C@@H](O[C@H]6[C@H](OC)[C@@H](OC)[C@@H](O[C@H]7[C@H](OC)[C@@H](OC)[C@@H](O[C@H]8[C@@H](OC)[C@H](OC)[C@@H](O[C@H]1[C@H](OC)[C@@H]2OC)O[C@@H]8COC)O[C@@H]7COC)O[C@@H]6COC)O[C@@H]5COC)O[C@@H]4CN)O[C@@H]3CN. The highest BCUT2D eigenvalue weighted by atomic mass is 16.8. The summed E-state index contributed by atoms with van der Waals surface area (Å²) in [6, 6.07) is 0. The van der Waals surface area contributed by atoms with Crippen molar-refractivity contribution in [2.75, 3.05) is 181 Å². The number of hydrogen-bond acceptors (Lipinski definition) is 35. The Morgan fingerprint density at radius 2 is 0.302 bits per heavy atom. The zero-order valence-electron chi connectivity index (χ0n) is 58.8. The molecule has 0 spiro atoms. The molecule has 21 aliphatic rings. The smallest absolute Gasteiger partial charge is 0.187 e. The summed E-state index contributed by atoms with van der Waals surface area (Å²) in [6.07, 6.45) is -35.9. The first-order valence-electron chi connectivity index (χ1n) is 32.1. The van der Waals surface area contributed by atoms with Crippen molar-refractivity contribution in [1.82, 2.24) is 0 Å². The molecule has 0 aromatic carbocycles. The van der Waals surface area contributed by atoms with Crippen LogP contribution in [0.25, 0.3) is 0 Å². The van der Waals surface area contributed by atoms with Gasteiger partial charge in [0.25, 0.3) is 0 Å². The maximum atomic E-state index is 7.02. The van der Waals surface area contributed by atoms with Gasteiger partial charge in [0.2, 0.25) is 0 Å². The first-order valence-corrected chi connectivity index (χ1v) is 32.1. The lowest BCUT2D eigenvalue weighted by atomic mass is 9.94. The van der Waals surface area contributed by atoms with Crippen molar-refractivity contribution in [2.24, 2.45) is 11.5 Å². The van der Waals surface area contributed by atoms with Crippen LogP contribution in [0.15, 0.2) is 0 Å². The van der Waals surface area contributed by atoms with Crippen LogP contribution in [0, 0.1) is 0 Å². The fourth-order valence-corrected chi connectivity index (χ4v) is 14.6. The van der Waals surface area contributed by atoms with E-state index in [1.807, 2.05) is 0 Å². The normalized spacial score (nSPS) is 46.8. The number of ether oxygens (including phenoxy) is 33. The Hall–Kier alpha value is -1.40. The van der Waals surface area contributed by atoms with Gasteiger partial charge in [-0.15, -0.1) is 0 Å². The molecule has 21 saturated heterocycles. The van der Waals surface area contributed by atoms with Crippen LogP contribution < -0.4 is 11.5 Å². The molecule has 35 heteroatoms. The minimum atomic E-state index is -1.22. The summed E-state index contributed by atoms with van der Waals surface area (Å²) in [5, 5.41) is 0. The van der Waals surface area contributed by atoms with Gasteiger partial charge >= 0.3 is 0 Å². The van der Waals surface area contributed by atoms with Crippen molar-refractivity contribution in [3.8, 4) is 0 Å². The van der Waals surface area contributed by atoms with Crippen molar-refractivity contribution in [3.05, 3.63) is 0 Å². The lowest BCUT2D eigenvalue weighted by molar-refractivity contribution is -0.402. The molecular formula is C61H110N2O33. The third kappa shape index (κ3) is 17.0. The first-order chi connectivity index (χ1) is 46.7. The van der Waals surface area contributed by atoms with Crippen LogP contribution in [0.5, 0.6) is 0 Å². The van der Waals surface area contributed by atoms with Gasteiger partial charge in [0.05, 0.1) is 33.0 Å². The van der Waals surface area contributed by atoms with Crippen LogP contribution in [0.2, 0.25) is 0 Å². The summed E-state index contributed by atoms with van der Waals surface area (Å²) in [6.45, 7) is -0.412. The van der Waals surface area contributed by atoms with Gasteiger partial charge in [0.1, 0.15) is 171 Å². The lowest BCUT2D eigenvalue weighted by Crippen LogP contribution is -2.69. The molecule has 21 aliphatic heterocycles. The van der Waals surface area contributed by atoms with E-state index in [1.54, 1.807) is 0 Å². The summed E-state index contributed by atoms with van der Waals surface area (Å²) in [5.74, 6) is 0. The molecule has 0 aromatic heterocycles. The third-order valence-corrected chi connectivity index (χ3v) is 19.1. The average Bonchev–Trinajstić information content (AvgIpc) is 0.771. The predicted molar refractivity (Wildman–Crippen MR) is 323 cm³/mol. The van der Waals surface area contributed by atoms with E-state index in [0.717, 1.165) is 0 Å².